The average molecular weight is 336 g/mol. The van der Waals surface area contributed by atoms with Crippen LogP contribution >= 0.6 is 0 Å². The van der Waals surface area contributed by atoms with Gasteiger partial charge in [-0.05, 0) is 25.5 Å². The maximum Gasteiger partial charge on any atom is 0.249 e. The maximum atomic E-state index is 12.7. The number of carbonyl (C=O) groups is 2. The number of amides is 2. The van der Waals surface area contributed by atoms with Gasteiger partial charge in [-0.1, -0.05) is 29.8 Å². The molecule has 0 atom stereocenters. The molecule has 0 aliphatic carbocycles. The first kappa shape index (κ1) is 15.6. The van der Waals surface area contributed by atoms with Crippen molar-refractivity contribution in [2.24, 2.45) is 0 Å². The Morgan fingerprint density at radius 3 is 2.72 bits per heavy atom. The Balaban J connectivity index is 1.50. The van der Waals surface area contributed by atoms with E-state index in [1.54, 1.807) is 11.1 Å². The predicted molar refractivity (Wildman–Crippen MR) is 94.9 cm³/mol. The zero-order valence-corrected chi connectivity index (χ0v) is 14.3. The fraction of sp³-hybridized carbons (Fsp3) is 0.316. The molecular formula is C19H20N4O2. The molecule has 1 saturated heterocycles. The number of aromatic nitrogens is 2. The first-order valence-electron chi connectivity index (χ1n) is 8.35. The summed E-state index contributed by atoms with van der Waals surface area (Å²) in [4.78, 5) is 30.6. The average Bonchev–Trinajstić information content (AvgIpc) is 3.01. The molecule has 128 valence electrons. The van der Waals surface area contributed by atoms with Gasteiger partial charge in [-0.15, -0.1) is 0 Å². The molecule has 1 aromatic heterocycles. The third-order valence-electron chi connectivity index (χ3n) is 4.95. The Labute approximate surface area is 146 Å². The van der Waals surface area contributed by atoms with E-state index < -0.39 is 0 Å². The van der Waals surface area contributed by atoms with Crippen LogP contribution in [-0.2, 0) is 15.1 Å². The van der Waals surface area contributed by atoms with E-state index in [4.69, 9.17) is 0 Å². The Bertz CT molecular complexity index is 873. The first-order chi connectivity index (χ1) is 12.0. The van der Waals surface area contributed by atoms with Gasteiger partial charge in [-0.3, -0.25) is 14.9 Å². The molecule has 2 aliphatic heterocycles. The van der Waals surface area contributed by atoms with Gasteiger partial charge in [-0.25, -0.2) is 4.98 Å². The van der Waals surface area contributed by atoms with Crippen molar-refractivity contribution in [2.75, 3.05) is 18.4 Å². The van der Waals surface area contributed by atoms with E-state index in [-0.39, 0.29) is 17.4 Å². The van der Waals surface area contributed by atoms with E-state index in [2.05, 4.69) is 10.3 Å². The highest BCUT2D eigenvalue weighted by Crippen LogP contribution is 2.38. The van der Waals surface area contributed by atoms with Crippen LogP contribution in [0.15, 0.2) is 42.2 Å². The highest BCUT2D eigenvalue weighted by molar-refractivity contribution is 5.98. The van der Waals surface area contributed by atoms with Crippen molar-refractivity contribution in [3.63, 3.8) is 0 Å². The minimum absolute atomic E-state index is 0.0128. The monoisotopic (exact) mass is 336 g/mol. The Kier molecular flexibility index (Phi) is 3.49. The summed E-state index contributed by atoms with van der Waals surface area (Å²) in [5, 5.41) is 2.77. The molecule has 3 heterocycles. The fourth-order valence-corrected chi connectivity index (χ4v) is 3.63. The van der Waals surface area contributed by atoms with Gasteiger partial charge < -0.3 is 9.47 Å². The number of fused-ring (bicyclic) bond motifs is 2. The molecule has 1 N–H and O–H groups in total. The molecule has 0 bridgehead atoms. The zero-order valence-electron chi connectivity index (χ0n) is 14.3. The molecule has 2 aliphatic rings. The topological polar surface area (TPSA) is 67.2 Å². The van der Waals surface area contributed by atoms with Crippen LogP contribution in [0.2, 0.25) is 0 Å². The highest BCUT2D eigenvalue weighted by atomic mass is 16.2. The van der Waals surface area contributed by atoms with Crippen molar-refractivity contribution in [3.05, 3.63) is 53.4 Å². The van der Waals surface area contributed by atoms with Crippen LogP contribution in [0.4, 0.5) is 5.95 Å². The number of imidazole rings is 1. The Hall–Kier alpha value is -2.89. The number of carbonyl (C=O) groups excluding carboxylic acids is 2. The molecular weight excluding hydrogens is 316 g/mol. The summed E-state index contributed by atoms with van der Waals surface area (Å²) in [5.74, 6) is 0.534. The van der Waals surface area contributed by atoms with E-state index >= 15 is 0 Å². The molecule has 1 spiro atoms. The van der Waals surface area contributed by atoms with Crippen molar-refractivity contribution >= 4 is 23.8 Å². The van der Waals surface area contributed by atoms with Crippen molar-refractivity contribution in [2.45, 2.75) is 25.8 Å². The lowest BCUT2D eigenvalue weighted by Gasteiger charge is -2.52. The summed E-state index contributed by atoms with van der Waals surface area (Å²) >= 11 is 0. The molecule has 25 heavy (non-hydrogen) atoms. The lowest BCUT2D eigenvalue weighted by atomic mass is 9.84. The molecule has 1 fully saturated rings. The van der Waals surface area contributed by atoms with Gasteiger partial charge >= 0.3 is 0 Å². The van der Waals surface area contributed by atoms with Gasteiger partial charge in [0.1, 0.15) is 0 Å². The van der Waals surface area contributed by atoms with Crippen molar-refractivity contribution in [1.82, 2.24) is 14.5 Å². The second kappa shape index (κ2) is 5.58. The van der Waals surface area contributed by atoms with Gasteiger partial charge in [0.15, 0.2) is 0 Å². The summed E-state index contributed by atoms with van der Waals surface area (Å²) in [7, 11) is 0. The normalized spacial score (nSPS) is 18.6. The Morgan fingerprint density at radius 2 is 2.00 bits per heavy atom. The number of aryl methyl sites for hydroxylation is 1. The maximum absolute atomic E-state index is 12.7. The third kappa shape index (κ3) is 2.63. The van der Waals surface area contributed by atoms with Crippen LogP contribution in [0.5, 0.6) is 0 Å². The lowest BCUT2D eigenvalue weighted by molar-refractivity contribution is -0.141. The minimum Gasteiger partial charge on any atom is -0.334 e. The van der Waals surface area contributed by atoms with Crippen LogP contribution in [0.3, 0.4) is 0 Å². The molecule has 0 radical (unpaired) electrons. The second-order valence-corrected chi connectivity index (χ2v) is 6.97. The number of hydrogen-bond acceptors (Lipinski definition) is 3. The van der Waals surface area contributed by atoms with Crippen molar-refractivity contribution in [3.8, 4) is 0 Å². The van der Waals surface area contributed by atoms with Gasteiger partial charge in [-0.2, -0.15) is 0 Å². The molecule has 1 aromatic carbocycles. The summed E-state index contributed by atoms with van der Waals surface area (Å²) in [6.45, 7) is 4.93. The number of benzene rings is 1. The number of hydrogen-bond donors (Lipinski definition) is 1. The summed E-state index contributed by atoms with van der Waals surface area (Å²) < 4.78 is 1.98. The van der Waals surface area contributed by atoms with E-state index in [1.165, 1.54) is 5.56 Å². The molecule has 4 rings (SSSR count). The fourth-order valence-electron chi connectivity index (χ4n) is 3.63. The van der Waals surface area contributed by atoms with Crippen LogP contribution in [0.25, 0.3) is 6.08 Å². The number of anilines is 1. The summed E-state index contributed by atoms with van der Waals surface area (Å²) in [6, 6.07) is 8.08. The van der Waals surface area contributed by atoms with Crippen molar-refractivity contribution < 1.29 is 9.59 Å². The largest absolute Gasteiger partial charge is 0.334 e. The van der Waals surface area contributed by atoms with E-state index in [0.717, 1.165) is 5.56 Å². The number of nitrogens with zero attached hydrogens (tertiary/aromatic N) is 3. The molecule has 2 amide bonds. The smallest absolute Gasteiger partial charge is 0.249 e. The van der Waals surface area contributed by atoms with E-state index in [1.807, 2.05) is 55.0 Å². The van der Waals surface area contributed by atoms with Crippen LogP contribution in [0.1, 0.15) is 24.5 Å². The summed E-state index contributed by atoms with van der Waals surface area (Å²) in [5.41, 5.74) is 2.55. The van der Waals surface area contributed by atoms with Gasteiger partial charge in [0.05, 0.1) is 12.0 Å². The standard InChI is InChI=1S/C19H20N4O2/c1-13-3-5-15(6-4-13)9-14(2)17(25)22-11-19(12-22)10-16(24)21-18-20-7-8-23(18)19/h3-9H,10-12H2,1-2H3,(H,20,21,24). The highest BCUT2D eigenvalue weighted by Gasteiger charge is 2.51. The van der Waals surface area contributed by atoms with E-state index in [0.29, 0.717) is 31.0 Å². The number of rotatable bonds is 2. The number of nitrogens with one attached hydrogen (secondary N) is 1. The van der Waals surface area contributed by atoms with Crippen LogP contribution in [0, 0.1) is 6.92 Å². The second-order valence-electron chi connectivity index (χ2n) is 6.97. The van der Waals surface area contributed by atoms with Gasteiger partial charge in [0.2, 0.25) is 17.8 Å². The molecule has 0 unspecified atom stereocenters. The molecule has 6 nitrogen and oxygen atoms in total. The van der Waals surface area contributed by atoms with E-state index in [9.17, 15) is 9.59 Å². The predicted octanol–water partition coefficient (Wildman–Crippen LogP) is 2.17. The van der Waals surface area contributed by atoms with Gasteiger partial charge in [0, 0.05) is 31.1 Å². The Morgan fingerprint density at radius 1 is 1.28 bits per heavy atom. The number of likely N-dealkylation sites (tertiary alicyclic amines) is 1. The zero-order chi connectivity index (χ0) is 17.6. The first-order valence-corrected chi connectivity index (χ1v) is 8.35. The summed E-state index contributed by atoms with van der Waals surface area (Å²) in [6.07, 6.45) is 5.82. The van der Waals surface area contributed by atoms with Crippen LogP contribution in [-0.4, -0.2) is 39.4 Å². The van der Waals surface area contributed by atoms with Gasteiger partial charge in [0.25, 0.3) is 0 Å². The quantitative estimate of drug-likeness (QED) is 0.855. The minimum atomic E-state index is -0.353. The SMILES string of the molecule is CC(=Cc1ccc(C)cc1)C(=O)N1CC2(CC(=O)Nc3nccn32)C1. The molecule has 0 saturated carbocycles. The lowest BCUT2D eigenvalue weighted by Crippen LogP contribution is -2.66. The molecule has 2 aromatic rings. The molecule has 6 heteroatoms. The van der Waals surface area contributed by atoms with Crippen molar-refractivity contribution in [1.29, 1.82) is 0 Å². The third-order valence-corrected chi connectivity index (χ3v) is 4.95. The van der Waals surface area contributed by atoms with Crippen LogP contribution < -0.4 is 5.32 Å².